The van der Waals surface area contributed by atoms with Crippen LogP contribution in [0.1, 0.15) is 53.3 Å². The summed E-state index contributed by atoms with van der Waals surface area (Å²) in [6, 6.07) is 6.15. The molecule has 3 N–H and O–H groups in total. The molecule has 0 radical (unpaired) electrons. The Bertz CT molecular complexity index is 1270. The lowest BCUT2D eigenvalue weighted by Crippen LogP contribution is -2.48. The van der Waals surface area contributed by atoms with Gasteiger partial charge in [0.2, 0.25) is 5.82 Å². The van der Waals surface area contributed by atoms with Crippen LogP contribution in [0.4, 0.5) is 29.5 Å². The number of imidazole rings is 1. The molecule has 1 aromatic heterocycles. The number of carboxylic acid groups (broad SMARTS) is 1. The standard InChI is InChI=1S/C23H26N6O2.C2HF3O2/c1-24-20-12-25-21(27-20)22(30)26-19-10-9-16(11-18(19)15-7-5-4-6-8-15)17-13-28(2)23(31)29(3)14-17;3-2(4,5)1(6)7/h7,9-12,17H,4-6,8,13-14H2,2-3H3,(H,25,27)(H,26,30);(H,6,7). The van der Waals surface area contributed by atoms with E-state index in [0.717, 1.165) is 36.1 Å². The van der Waals surface area contributed by atoms with Crippen molar-refractivity contribution < 1.29 is 32.7 Å². The molecule has 1 saturated heterocycles. The van der Waals surface area contributed by atoms with Crippen LogP contribution in [-0.4, -0.2) is 76.1 Å². The zero-order valence-electron chi connectivity index (χ0n) is 20.8. The summed E-state index contributed by atoms with van der Waals surface area (Å²) in [7, 11) is 3.65. The number of rotatable bonds is 4. The number of anilines is 1. The first-order chi connectivity index (χ1) is 17.9. The molecule has 0 unspecified atom stereocenters. The first kappa shape index (κ1) is 28.2. The number of carbonyl (C=O) groups is 3. The molecule has 2 aromatic rings. The van der Waals surface area contributed by atoms with Crippen LogP contribution < -0.4 is 5.32 Å². The highest BCUT2D eigenvalue weighted by molar-refractivity contribution is 6.03. The minimum absolute atomic E-state index is 0.0348. The van der Waals surface area contributed by atoms with E-state index in [4.69, 9.17) is 16.5 Å². The normalized spacial score (nSPS) is 16.2. The summed E-state index contributed by atoms with van der Waals surface area (Å²) in [5.74, 6) is -2.58. The van der Waals surface area contributed by atoms with Crippen LogP contribution in [-0.2, 0) is 4.79 Å². The van der Waals surface area contributed by atoms with E-state index in [2.05, 4.69) is 32.3 Å². The molecule has 202 valence electrons. The Morgan fingerprint density at radius 1 is 1.21 bits per heavy atom. The number of likely N-dealkylation sites (N-methyl/N-ethyl adjacent to an activating group) is 2. The van der Waals surface area contributed by atoms with Crippen LogP contribution in [0.2, 0.25) is 0 Å². The molecule has 10 nitrogen and oxygen atoms in total. The van der Waals surface area contributed by atoms with E-state index in [9.17, 15) is 22.8 Å². The Labute approximate surface area is 217 Å². The monoisotopic (exact) mass is 532 g/mol. The minimum atomic E-state index is -5.08. The molecular formula is C25H27F3N6O4. The summed E-state index contributed by atoms with van der Waals surface area (Å²) < 4.78 is 31.7. The number of nitrogens with one attached hydrogen (secondary N) is 2. The van der Waals surface area contributed by atoms with Gasteiger partial charge in [0.05, 0.1) is 6.20 Å². The average Bonchev–Trinajstić information content (AvgIpc) is 3.37. The number of aliphatic carboxylic acids is 1. The zero-order chi connectivity index (χ0) is 28.0. The second-order valence-electron chi connectivity index (χ2n) is 9.01. The fourth-order valence-corrected chi connectivity index (χ4v) is 4.32. The number of H-pyrrole nitrogens is 1. The number of alkyl halides is 3. The molecule has 0 saturated carbocycles. The molecule has 1 fully saturated rings. The SMILES string of the molecule is O=C(O)C(F)(F)F.[C-]#[N+]c1cnc(C(=O)Nc2ccc(C3CN(C)C(=O)N(C)C3)cc2C2=CCCCC2)[nH]1. The van der Waals surface area contributed by atoms with Gasteiger partial charge in [-0.25, -0.2) is 14.6 Å². The number of carbonyl (C=O) groups excluding carboxylic acids is 2. The number of allylic oxidation sites excluding steroid dienone is 2. The third-order valence-corrected chi connectivity index (χ3v) is 6.18. The van der Waals surface area contributed by atoms with Gasteiger partial charge >= 0.3 is 24.1 Å². The maximum absolute atomic E-state index is 12.7. The molecule has 38 heavy (non-hydrogen) atoms. The maximum Gasteiger partial charge on any atom is 0.490 e. The first-order valence-corrected chi connectivity index (χ1v) is 11.7. The van der Waals surface area contributed by atoms with Crippen molar-refractivity contribution in [2.45, 2.75) is 37.8 Å². The smallest absolute Gasteiger partial charge is 0.475 e. The van der Waals surface area contributed by atoms with Gasteiger partial charge in [0, 0.05) is 44.4 Å². The van der Waals surface area contributed by atoms with Crippen LogP contribution in [0, 0.1) is 6.57 Å². The van der Waals surface area contributed by atoms with Gasteiger partial charge in [-0.3, -0.25) is 9.78 Å². The summed E-state index contributed by atoms with van der Waals surface area (Å²) in [4.78, 5) is 47.2. The van der Waals surface area contributed by atoms with Gasteiger partial charge in [-0.15, -0.1) is 0 Å². The predicted octanol–water partition coefficient (Wildman–Crippen LogP) is 4.88. The summed E-state index contributed by atoms with van der Waals surface area (Å²) in [5, 5.41) is 10.1. The van der Waals surface area contributed by atoms with Gasteiger partial charge in [0.15, 0.2) is 0 Å². The highest BCUT2D eigenvalue weighted by Gasteiger charge is 2.38. The van der Waals surface area contributed by atoms with Crippen LogP contribution >= 0.6 is 0 Å². The molecule has 4 rings (SSSR count). The molecule has 0 bridgehead atoms. The number of hydrogen-bond donors (Lipinski definition) is 3. The Balaban J connectivity index is 0.000000505. The summed E-state index contributed by atoms with van der Waals surface area (Å²) in [6.45, 7) is 8.37. The van der Waals surface area contributed by atoms with E-state index in [1.54, 1.807) is 9.80 Å². The number of aromatic nitrogens is 2. The lowest BCUT2D eigenvalue weighted by atomic mass is 9.88. The van der Waals surface area contributed by atoms with Crippen molar-refractivity contribution in [1.82, 2.24) is 19.8 Å². The second kappa shape index (κ2) is 11.8. The molecular weight excluding hydrogens is 505 g/mol. The van der Waals surface area contributed by atoms with Crippen LogP contribution in [0.15, 0.2) is 30.5 Å². The van der Waals surface area contributed by atoms with Gasteiger partial charge < -0.3 is 25.1 Å². The van der Waals surface area contributed by atoms with E-state index >= 15 is 0 Å². The second-order valence-corrected chi connectivity index (χ2v) is 9.01. The number of hydrogen-bond acceptors (Lipinski definition) is 4. The van der Waals surface area contributed by atoms with Gasteiger partial charge in [-0.2, -0.15) is 13.2 Å². The molecule has 13 heteroatoms. The molecule has 1 aromatic carbocycles. The maximum atomic E-state index is 12.7. The van der Waals surface area contributed by atoms with E-state index in [0.29, 0.717) is 13.1 Å². The van der Waals surface area contributed by atoms with Crippen LogP contribution in [0.25, 0.3) is 10.4 Å². The van der Waals surface area contributed by atoms with Gasteiger partial charge in [0.1, 0.15) is 0 Å². The summed E-state index contributed by atoms with van der Waals surface area (Å²) in [5.41, 5.74) is 4.14. The van der Waals surface area contributed by atoms with Crippen molar-refractivity contribution >= 4 is 35.0 Å². The number of halogens is 3. The third-order valence-electron chi connectivity index (χ3n) is 6.18. The number of nitrogens with zero attached hydrogens (tertiary/aromatic N) is 4. The van der Waals surface area contributed by atoms with E-state index in [-0.39, 0.29) is 29.5 Å². The van der Waals surface area contributed by atoms with Crippen LogP contribution in [0.5, 0.6) is 0 Å². The number of urea groups is 1. The number of benzene rings is 1. The highest BCUT2D eigenvalue weighted by Crippen LogP contribution is 2.35. The zero-order valence-corrected chi connectivity index (χ0v) is 20.8. The number of carboxylic acids is 1. The predicted molar refractivity (Wildman–Crippen MR) is 133 cm³/mol. The quantitative estimate of drug-likeness (QED) is 0.484. The Hall–Kier alpha value is -4.34. The summed E-state index contributed by atoms with van der Waals surface area (Å²) in [6.07, 6.45) is 2.83. The highest BCUT2D eigenvalue weighted by atomic mass is 19.4. The minimum Gasteiger partial charge on any atom is -0.475 e. The van der Waals surface area contributed by atoms with Crippen molar-refractivity contribution in [2.24, 2.45) is 0 Å². The number of aromatic amines is 1. The van der Waals surface area contributed by atoms with Gasteiger partial charge in [-0.1, -0.05) is 18.7 Å². The lowest BCUT2D eigenvalue weighted by Gasteiger charge is -2.36. The van der Waals surface area contributed by atoms with Crippen LogP contribution in [0.3, 0.4) is 0 Å². The molecule has 1 aliphatic heterocycles. The van der Waals surface area contributed by atoms with Gasteiger partial charge in [0.25, 0.3) is 5.82 Å². The fourth-order valence-electron chi connectivity index (χ4n) is 4.32. The van der Waals surface area contributed by atoms with E-state index in [1.807, 2.05) is 26.2 Å². The molecule has 2 aliphatic rings. The van der Waals surface area contributed by atoms with Crippen molar-refractivity contribution in [1.29, 1.82) is 0 Å². The molecule has 2 heterocycles. The Morgan fingerprint density at radius 2 is 1.87 bits per heavy atom. The van der Waals surface area contributed by atoms with Crippen molar-refractivity contribution in [3.63, 3.8) is 0 Å². The third kappa shape index (κ3) is 6.90. The number of amides is 3. The van der Waals surface area contributed by atoms with Crippen molar-refractivity contribution in [2.75, 3.05) is 32.5 Å². The first-order valence-electron chi connectivity index (χ1n) is 11.7. The molecule has 1 aliphatic carbocycles. The topological polar surface area (TPSA) is 123 Å². The molecule has 3 amide bonds. The van der Waals surface area contributed by atoms with Crippen molar-refractivity contribution in [3.05, 3.63) is 58.8 Å². The van der Waals surface area contributed by atoms with Crippen molar-refractivity contribution in [3.8, 4) is 0 Å². The Kier molecular flexibility index (Phi) is 8.77. The average molecular weight is 533 g/mol. The van der Waals surface area contributed by atoms with E-state index < -0.39 is 12.1 Å². The molecule has 0 atom stereocenters. The summed E-state index contributed by atoms with van der Waals surface area (Å²) >= 11 is 0. The molecule has 0 spiro atoms. The largest absolute Gasteiger partial charge is 0.490 e. The lowest BCUT2D eigenvalue weighted by molar-refractivity contribution is -0.192. The Morgan fingerprint density at radius 3 is 2.39 bits per heavy atom. The van der Waals surface area contributed by atoms with E-state index in [1.165, 1.54) is 18.2 Å². The van der Waals surface area contributed by atoms with Gasteiger partial charge in [-0.05, 0) is 49.0 Å². The fraction of sp³-hybridized carbons (Fsp3) is 0.400.